The van der Waals surface area contributed by atoms with Gasteiger partial charge in [-0.15, -0.1) is 0 Å². The number of nitro benzene ring substituents is 2. The third-order valence-corrected chi connectivity index (χ3v) is 3.19. The minimum atomic E-state index is -0.795. The molecule has 24 heavy (non-hydrogen) atoms. The summed E-state index contributed by atoms with van der Waals surface area (Å²) in [5, 5.41) is 24.3. The van der Waals surface area contributed by atoms with Crippen molar-refractivity contribution >= 4 is 23.0 Å². The van der Waals surface area contributed by atoms with Gasteiger partial charge in [-0.2, -0.15) is 0 Å². The molecule has 0 unspecified atom stereocenters. The molecule has 2 aromatic carbocycles. The molecule has 0 saturated heterocycles. The smallest absolute Gasteiger partial charge is 0.277 e. The van der Waals surface area contributed by atoms with Gasteiger partial charge < -0.3 is 10.1 Å². The van der Waals surface area contributed by atoms with Crippen molar-refractivity contribution in [2.75, 3.05) is 12.4 Å². The SMILES string of the molecule is COc1ccc(C)cc1NC(=O)c1cc([N+](=O)[O-])cc([N+](=O)[O-])c1. The van der Waals surface area contributed by atoms with Crippen LogP contribution in [0, 0.1) is 27.2 Å². The van der Waals surface area contributed by atoms with Gasteiger partial charge in [0.25, 0.3) is 17.3 Å². The zero-order valence-electron chi connectivity index (χ0n) is 12.8. The molecule has 0 bridgehead atoms. The number of benzene rings is 2. The fraction of sp³-hybridized carbons (Fsp3) is 0.133. The lowest BCUT2D eigenvalue weighted by Gasteiger charge is -2.11. The van der Waals surface area contributed by atoms with Gasteiger partial charge in [-0.1, -0.05) is 6.07 Å². The highest BCUT2D eigenvalue weighted by Gasteiger charge is 2.20. The number of nitrogens with one attached hydrogen (secondary N) is 1. The van der Waals surface area contributed by atoms with E-state index in [1.54, 1.807) is 18.2 Å². The second-order valence-electron chi connectivity index (χ2n) is 4.91. The van der Waals surface area contributed by atoms with Crippen LogP contribution in [0.1, 0.15) is 15.9 Å². The van der Waals surface area contributed by atoms with Crippen molar-refractivity contribution in [2.24, 2.45) is 0 Å². The van der Waals surface area contributed by atoms with Crippen molar-refractivity contribution in [3.63, 3.8) is 0 Å². The van der Waals surface area contributed by atoms with Crippen LogP contribution in [0.5, 0.6) is 5.75 Å². The standard InChI is InChI=1S/C15H13N3O6/c1-9-3-4-14(24-2)13(5-9)16-15(19)10-6-11(17(20)21)8-12(7-10)18(22)23/h3-8H,1-2H3,(H,16,19). The third-order valence-electron chi connectivity index (χ3n) is 3.19. The van der Waals surface area contributed by atoms with Crippen molar-refractivity contribution < 1.29 is 19.4 Å². The Morgan fingerprint density at radius 2 is 1.62 bits per heavy atom. The zero-order chi connectivity index (χ0) is 17.9. The van der Waals surface area contributed by atoms with E-state index in [0.29, 0.717) is 11.4 Å². The molecule has 124 valence electrons. The molecular weight excluding hydrogens is 318 g/mol. The van der Waals surface area contributed by atoms with Crippen LogP contribution in [0.15, 0.2) is 36.4 Å². The number of carbonyl (C=O) groups excluding carboxylic acids is 1. The number of nitro groups is 2. The minimum Gasteiger partial charge on any atom is -0.495 e. The summed E-state index contributed by atoms with van der Waals surface area (Å²) in [6, 6.07) is 7.84. The molecule has 1 N–H and O–H groups in total. The summed E-state index contributed by atoms with van der Waals surface area (Å²) in [7, 11) is 1.43. The Bertz CT molecular complexity index is 802. The van der Waals surface area contributed by atoms with Crippen LogP contribution in [0.25, 0.3) is 0 Å². The fourth-order valence-electron chi connectivity index (χ4n) is 2.05. The molecule has 9 heteroatoms. The maximum absolute atomic E-state index is 12.3. The number of rotatable bonds is 5. The number of ether oxygens (including phenoxy) is 1. The van der Waals surface area contributed by atoms with Gasteiger partial charge in [0.05, 0.1) is 34.3 Å². The maximum atomic E-state index is 12.3. The van der Waals surface area contributed by atoms with E-state index in [1.165, 1.54) is 7.11 Å². The average molecular weight is 331 g/mol. The molecule has 0 aliphatic rings. The number of non-ortho nitro benzene ring substituents is 2. The largest absolute Gasteiger partial charge is 0.495 e. The van der Waals surface area contributed by atoms with Crippen LogP contribution in [0.2, 0.25) is 0 Å². The molecule has 0 aromatic heterocycles. The first-order valence-corrected chi connectivity index (χ1v) is 6.71. The molecule has 0 saturated carbocycles. The molecule has 0 aliphatic heterocycles. The Kier molecular flexibility index (Phi) is 4.73. The number of anilines is 1. The Labute approximate surface area is 136 Å². The quantitative estimate of drug-likeness (QED) is 0.663. The number of amides is 1. The predicted molar refractivity (Wildman–Crippen MR) is 85.4 cm³/mol. The highest BCUT2D eigenvalue weighted by molar-refractivity contribution is 6.05. The van der Waals surface area contributed by atoms with E-state index in [9.17, 15) is 25.0 Å². The molecule has 0 spiro atoms. The highest BCUT2D eigenvalue weighted by Crippen LogP contribution is 2.27. The molecule has 2 aromatic rings. The average Bonchev–Trinajstić information content (AvgIpc) is 2.54. The zero-order valence-corrected chi connectivity index (χ0v) is 12.8. The lowest BCUT2D eigenvalue weighted by atomic mass is 10.1. The molecular formula is C15H13N3O6. The summed E-state index contributed by atoms with van der Waals surface area (Å²) in [6.45, 7) is 1.81. The van der Waals surface area contributed by atoms with Gasteiger partial charge in [-0.05, 0) is 24.6 Å². The van der Waals surface area contributed by atoms with E-state index in [4.69, 9.17) is 4.74 Å². The lowest BCUT2D eigenvalue weighted by molar-refractivity contribution is -0.394. The van der Waals surface area contributed by atoms with Crippen molar-refractivity contribution in [2.45, 2.75) is 6.92 Å². The summed E-state index contributed by atoms with van der Waals surface area (Å²) in [6.07, 6.45) is 0. The minimum absolute atomic E-state index is 0.195. The normalized spacial score (nSPS) is 10.1. The van der Waals surface area contributed by atoms with E-state index in [0.717, 1.165) is 23.8 Å². The topological polar surface area (TPSA) is 125 Å². The number of aryl methyl sites for hydroxylation is 1. The van der Waals surface area contributed by atoms with Crippen LogP contribution < -0.4 is 10.1 Å². The van der Waals surface area contributed by atoms with Gasteiger partial charge in [0.2, 0.25) is 0 Å². The van der Waals surface area contributed by atoms with E-state index >= 15 is 0 Å². The van der Waals surface area contributed by atoms with Crippen LogP contribution in [-0.2, 0) is 0 Å². The van der Waals surface area contributed by atoms with Crippen LogP contribution in [0.3, 0.4) is 0 Å². The van der Waals surface area contributed by atoms with Gasteiger partial charge in [0, 0.05) is 12.1 Å². The number of nitrogens with zero attached hydrogens (tertiary/aromatic N) is 2. The first-order valence-electron chi connectivity index (χ1n) is 6.71. The Hall–Kier alpha value is -3.49. The second-order valence-corrected chi connectivity index (χ2v) is 4.91. The summed E-state index contributed by atoms with van der Waals surface area (Å²) in [5.74, 6) is -0.320. The third kappa shape index (κ3) is 3.64. The van der Waals surface area contributed by atoms with Crippen molar-refractivity contribution in [1.29, 1.82) is 0 Å². The van der Waals surface area contributed by atoms with Gasteiger partial charge in [-0.3, -0.25) is 25.0 Å². The fourth-order valence-corrected chi connectivity index (χ4v) is 2.05. The molecule has 9 nitrogen and oxygen atoms in total. The number of hydrogen-bond acceptors (Lipinski definition) is 6. The van der Waals surface area contributed by atoms with Crippen molar-refractivity contribution in [1.82, 2.24) is 0 Å². The van der Waals surface area contributed by atoms with Crippen LogP contribution in [-0.4, -0.2) is 22.9 Å². The predicted octanol–water partition coefficient (Wildman–Crippen LogP) is 3.07. The molecule has 2 rings (SSSR count). The summed E-state index contributed by atoms with van der Waals surface area (Å²) >= 11 is 0. The van der Waals surface area contributed by atoms with E-state index in [1.807, 2.05) is 6.92 Å². The molecule has 0 atom stereocenters. The summed E-state index contributed by atoms with van der Waals surface area (Å²) in [5.41, 5.74) is -0.0524. The first kappa shape index (κ1) is 16.9. The number of methoxy groups -OCH3 is 1. The summed E-state index contributed by atoms with van der Waals surface area (Å²) in [4.78, 5) is 32.5. The van der Waals surface area contributed by atoms with E-state index < -0.39 is 27.1 Å². The Morgan fingerprint density at radius 1 is 1.04 bits per heavy atom. The monoisotopic (exact) mass is 331 g/mol. The van der Waals surface area contributed by atoms with Gasteiger partial charge >= 0.3 is 0 Å². The Balaban J connectivity index is 2.41. The lowest BCUT2D eigenvalue weighted by Crippen LogP contribution is -2.13. The highest BCUT2D eigenvalue weighted by atomic mass is 16.6. The van der Waals surface area contributed by atoms with Gasteiger partial charge in [-0.25, -0.2) is 0 Å². The summed E-state index contributed by atoms with van der Waals surface area (Å²) < 4.78 is 5.13. The van der Waals surface area contributed by atoms with Gasteiger partial charge in [0.15, 0.2) is 0 Å². The van der Waals surface area contributed by atoms with Gasteiger partial charge in [0.1, 0.15) is 5.75 Å². The molecule has 0 fully saturated rings. The molecule has 0 heterocycles. The molecule has 0 radical (unpaired) electrons. The molecule has 1 amide bonds. The van der Waals surface area contributed by atoms with E-state index in [2.05, 4.69) is 5.32 Å². The molecule has 0 aliphatic carbocycles. The number of hydrogen-bond donors (Lipinski definition) is 1. The van der Waals surface area contributed by atoms with Crippen molar-refractivity contribution in [3.8, 4) is 5.75 Å². The number of carbonyl (C=O) groups is 1. The van der Waals surface area contributed by atoms with E-state index in [-0.39, 0.29) is 5.56 Å². The Morgan fingerprint density at radius 3 is 2.12 bits per heavy atom. The maximum Gasteiger partial charge on any atom is 0.277 e. The first-order chi connectivity index (χ1) is 11.3. The van der Waals surface area contributed by atoms with Crippen LogP contribution >= 0.6 is 0 Å². The van der Waals surface area contributed by atoms with Crippen LogP contribution in [0.4, 0.5) is 17.1 Å². The van der Waals surface area contributed by atoms with Crippen molar-refractivity contribution in [3.05, 3.63) is 67.8 Å². The second kappa shape index (κ2) is 6.73.